The number of rotatable bonds is 2. The normalized spacial score (nSPS) is 31.9. The number of nitro groups is 1. The summed E-state index contributed by atoms with van der Waals surface area (Å²) < 4.78 is 0. The van der Waals surface area contributed by atoms with Gasteiger partial charge in [-0.2, -0.15) is 0 Å². The van der Waals surface area contributed by atoms with Gasteiger partial charge in [0, 0.05) is 18.7 Å². The highest BCUT2D eigenvalue weighted by Crippen LogP contribution is 2.47. The molecule has 122 valence electrons. The van der Waals surface area contributed by atoms with Crippen molar-refractivity contribution in [2.24, 2.45) is 17.8 Å². The Labute approximate surface area is 134 Å². The third-order valence-electron chi connectivity index (χ3n) is 5.88. The SMILES string of the molecule is Nc1c(C(=O)N2CC3C[C@@H]4CC2C[C@H](C3)C4)cccc1[N+](=O)[O-]. The molecule has 1 aromatic carbocycles. The molecule has 2 saturated carbocycles. The average Bonchev–Trinajstić information content (AvgIpc) is 2.70. The van der Waals surface area contributed by atoms with Gasteiger partial charge < -0.3 is 10.6 Å². The number of para-hydroxylation sites is 1. The Morgan fingerprint density at radius 3 is 2.43 bits per heavy atom. The molecule has 2 N–H and O–H groups in total. The van der Waals surface area contributed by atoms with Crippen molar-refractivity contribution in [2.45, 2.75) is 38.1 Å². The van der Waals surface area contributed by atoms with Gasteiger partial charge in [0.2, 0.25) is 0 Å². The van der Waals surface area contributed by atoms with Gasteiger partial charge in [-0.05, 0) is 55.9 Å². The van der Waals surface area contributed by atoms with Crippen molar-refractivity contribution in [1.82, 2.24) is 4.90 Å². The molecule has 23 heavy (non-hydrogen) atoms. The number of hydrogen-bond acceptors (Lipinski definition) is 4. The van der Waals surface area contributed by atoms with Gasteiger partial charge in [-0.3, -0.25) is 14.9 Å². The van der Waals surface area contributed by atoms with Crippen LogP contribution in [0.4, 0.5) is 11.4 Å². The zero-order valence-corrected chi connectivity index (χ0v) is 13.0. The van der Waals surface area contributed by atoms with Crippen LogP contribution in [0.1, 0.15) is 42.5 Å². The van der Waals surface area contributed by atoms with Gasteiger partial charge in [-0.25, -0.2) is 0 Å². The molecular weight excluding hydrogens is 294 g/mol. The highest BCUT2D eigenvalue weighted by Gasteiger charge is 2.44. The predicted molar refractivity (Wildman–Crippen MR) is 85.9 cm³/mol. The first-order valence-corrected chi connectivity index (χ1v) is 8.36. The zero-order valence-electron chi connectivity index (χ0n) is 13.0. The van der Waals surface area contributed by atoms with Crippen LogP contribution in [-0.2, 0) is 0 Å². The Bertz CT molecular complexity index is 661. The highest BCUT2D eigenvalue weighted by molar-refractivity contribution is 6.01. The van der Waals surface area contributed by atoms with E-state index in [1.165, 1.54) is 25.3 Å². The Morgan fingerprint density at radius 2 is 1.78 bits per heavy atom. The second-order valence-corrected chi connectivity index (χ2v) is 7.38. The molecule has 2 unspecified atom stereocenters. The summed E-state index contributed by atoms with van der Waals surface area (Å²) in [6.45, 7) is 0.776. The molecule has 2 heterocycles. The standard InChI is InChI=1S/C17H21N3O3/c18-16-14(2-1-3-15(16)20(22)23)17(21)19-9-12-5-10-4-11(6-12)8-13(19)7-10/h1-3,10-13H,4-9,18H2/t10-,11+,12?,13?. The molecule has 0 radical (unpaired) electrons. The van der Waals surface area contributed by atoms with Crippen LogP contribution in [0.5, 0.6) is 0 Å². The van der Waals surface area contributed by atoms with Crippen molar-refractivity contribution in [3.63, 3.8) is 0 Å². The van der Waals surface area contributed by atoms with E-state index < -0.39 is 4.92 Å². The lowest BCUT2D eigenvalue weighted by Gasteiger charge is -2.39. The number of carbonyl (C=O) groups excluding carboxylic acids is 1. The van der Waals surface area contributed by atoms with Gasteiger partial charge in [0.25, 0.3) is 11.6 Å². The van der Waals surface area contributed by atoms with Crippen LogP contribution in [0.3, 0.4) is 0 Å². The maximum Gasteiger partial charge on any atom is 0.292 e. The Kier molecular flexibility index (Phi) is 3.28. The van der Waals surface area contributed by atoms with Gasteiger partial charge in [0.1, 0.15) is 5.69 Å². The molecule has 2 aliphatic carbocycles. The van der Waals surface area contributed by atoms with Crippen molar-refractivity contribution in [3.05, 3.63) is 33.9 Å². The van der Waals surface area contributed by atoms with E-state index in [0.29, 0.717) is 5.92 Å². The lowest BCUT2D eigenvalue weighted by molar-refractivity contribution is -0.383. The van der Waals surface area contributed by atoms with Gasteiger partial charge in [-0.1, -0.05) is 6.07 Å². The van der Waals surface area contributed by atoms with Crippen molar-refractivity contribution in [3.8, 4) is 0 Å². The second-order valence-electron chi connectivity index (χ2n) is 7.38. The number of hydrogen-bond donors (Lipinski definition) is 1. The second kappa shape index (κ2) is 5.22. The fraction of sp³-hybridized carbons (Fsp3) is 0.588. The first kappa shape index (κ1) is 14.5. The van der Waals surface area contributed by atoms with Gasteiger partial charge >= 0.3 is 0 Å². The fourth-order valence-electron chi connectivity index (χ4n) is 5.09. The molecule has 1 amide bonds. The summed E-state index contributed by atoms with van der Waals surface area (Å²) in [5, 5.41) is 11.1. The quantitative estimate of drug-likeness (QED) is 0.516. The van der Waals surface area contributed by atoms with Crippen LogP contribution in [0.15, 0.2) is 18.2 Å². The maximum absolute atomic E-state index is 13.0. The van der Waals surface area contributed by atoms with E-state index >= 15 is 0 Å². The third kappa shape index (κ3) is 2.36. The van der Waals surface area contributed by atoms with Crippen molar-refractivity contribution in [1.29, 1.82) is 0 Å². The molecule has 2 saturated heterocycles. The third-order valence-corrected chi connectivity index (χ3v) is 5.88. The first-order valence-electron chi connectivity index (χ1n) is 8.36. The van der Waals surface area contributed by atoms with Crippen molar-refractivity contribution >= 4 is 17.3 Å². The number of amides is 1. The summed E-state index contributed by atoms with van der Waals surface area (Å²) in [6, 6.07) is 4.78. The molecule has 0 aromatic heterocycles. The molecule has 6 nitrogen and oxygen atoms in total. The molecule has 0 spiro atoms. The number of nitrogen functional groups attached to an aromatic ring is 1. The van der Waals surface area contributed by atoms with E-state index in [4.69, 9.17) is 5.73 Å². The van der Waals surface area contributed by atoms with Gasteiger partial charge in [0.15, 0.2) is 0 Å². The molecule has 1 aromatic rings. The van der Waals surface area contributed by atoms with Gasteiger partial charge in [0.05, 0.1) is 10.5 Å². The van der Waals surface area contributed by atoms with Crippen molar-refractivity contribution in [2.75, 3.05) is 12.3 Å². The molecule has 4 aliphatic rings. The number of nitro benzene ring substituents is 1. The molecule has 6 heteroatoms. The largest absolute Gasteiger partial charge is 0.393 e. The molecular formula is C17H21N3O3. The van der Waals surface area contributed by atoms with Crippen LogP contribution in [-0.4, -0.2) is 28.3 Å². The molecule has 4 bridgehead atoms. The summed E-state index contributed by atoms with van der Waals surface area (Å²) in [4.78, 5) is 25.5. The smallest absolute Gasteiger partial charge is 0.292 e. The fourth-order valence-corrected chi connectivity index (χ4v) is 5.09. The summed E-state index contributed by atoms with van der Waals surface area (Å²) in [5.74, 6) is 1.94. The van der Waals surface area contributed by atoms with Crippen LogP contribution in [0.2, 0.25) is 0 Å². The lowest BCUT2D eigenvalue weighted by Crippen LogP contribution is -2.42. The number of carbonyl (C=O) groups is 1. The number of anilines is 1. The van der Waals surface area contributed by atoms with E-state index in [1.54, 1.807) is 12.1 Å². The van der Waals surface area contributed by atoms with Crippen LogP contribution in [0.25, 0.3) is 0 Å². The Hall–Kier alpha value is -2.11. The summed E-state index contributed by atoms with van der Waals surface area (Å²) in [5.41, 5.74) is 6.00. The minimum atomic E-state index is -0.526. The molecule has 4 fully saturated rings. The summed E-state index contributed by atoms with van der Waals surface area (Å²) >= 11 is 0. The number of nitrogens with two attached hydrogens (primary N) is 1. The number of benzene rings is 1. The molecule has 5 rings (SSSR count). The van der Waals surface area contributed by atoms with E-state index in [0.717, 1.165) is 31.2 Å². The van der Waals surface area contributed by atoms with E-state index in [2.05, 4.69) is 0 Å². The lowest BCUT2D eigenvalue weighted by atomic mass is 9.68. The maximum atomic E-state index is 13.0. The summed E-state index contributed by atoms with van der Waals surface area (Å²) in [6.07, 6.45) is 5.91. The van der Waals surface area contributed by atoms with E-state index in [9.17, 15) is 14.9 Å². The van der Waals surface area contributed by atoms with E-state index in [-0.39, 0.29) is 28.9 Å². The zero-order chi connectivity index (χ0) is 16.1. The monoisotopic (exact) mass is 315 g/mol. The molecule has 4 atom stereocenters. The van der Waals surface area contributed by atoms with Crippen LogP contribution >= 0.6 is 0 Å². The molecule has 2 aliphatic heterocycles. The predicted octanol–water partition coefficient (Wildman–Crippen LogP) is 2.83. The first-order chi connectivity index (χ1) is 11.0. The minimum absolute atomic E-state index is 0.00791. The Morgan fingerprint density at radius 1 is 1.13 bits per heavy atom. The summed E-state index contributed by atoms with van der Waals surface area (Å²) in [7, 11) is 0. The van der Waals surface area contributed by atoms with E-state index in [1.807, 2.05) is 4.90 Å². The van der Waals surface area contributed by atoms with Crippen molar-refractivity contribution < 1.29 is 9.72 Å². The highest BCUT2D eigenvalue weighted by atomic mass is 16.6. The van der Waals surface area contributed by atoms with Gasteiger partial charge in [-0.15, -0.1) is 0 Å². The Balaban J connectivity index is 1.67. The number of fused-ring (bicyclic) bond motifs is 1. The minimum Gasteiger partial charge on any atom is -0.393 e. The number of nitrogens with zero attached hydrogens (tertiary/aromatic N) is 2. The topological polar surface area (TPSA) is 89.5 Å². The van der Waals surface area contributed by atoms with Crippen LogP contribution in [0, 0.1) is 27.9 Å². The average molecular weight is 315 g/mol. The van der Waals surface area contributed by atoms with Crippen LogP contribution < -0.4 is 5.73 Å².